The van der Waals surface area contributed by atoms with E-state index in [1.54, 1.807) is 30.5 Å². The third-order valence-corrected chi connectivity index (χ3v) is 5.64. The summed E-state index contributed by atoms with van der Waals surface area (Å²) < 4.78 is 38.1. The van der Waals surface area contributed by atoms with Crippen molar-refractivity contribution in [2.45, 2.75) is 4.90 Å². The zero-order valence-corrected chi connectivity index (χ0v) is 18.8. The number of rotatable bonds is 8. The maximum absolute atomic E-state index is 15.3. The summed E-state index contributed by atoms with van der Waals surface area (Å²) in [5.41, 5.74) is 0.840. The van der Waals surface area contributed by atoms with E-state index in [1.807, 2.05) is 0 Å². The van der Waals surface area contributed by atoms with Crippen LogP contribution in [0.1, 0.15) is 0 Å². The van der Waals surface area contributed by atoms with Crippen LogP contribution in [0.3, 0.4) is 0 Å². The maximum atomic E-state index is 15.3. The molecule has 3 N–H and O–H groups in total. The lowest BCUT2D eigenvalue weighted by Crippen LogP contribution is -2.08. The molecule has 0 spiro atoms. The van der Waals surface area contributed by atoms with Gasteiger partial charge < -0.3 is 19.9 Å². The molecule has 0 radical (unpaired) electrons. The van der Waals surface area contributed by atoms with Crippen LogP contribution in [-0.4, -0.2) is 40.3 Å². The molecule has 7 nitrogen and oxygen atoms in total. The number of pyridine rings is 1. The summed E-state index contributed by atoms with van der Waals surface area (Å²) in [7, 11) is 1.46. The van der Waals surface area contributed by atoms with Gasteiger partial charge >= 0.3 is 0 Å². The average Bonchev–Trinajstić information content (AvgIpc) is 2.82. The number of nitrogens with zero attached hydrogens (tertiary/aromatic N) is 3. The summed E-state index contributed by atoms with van der Waals surface area (Å²) in [6.45, 7) is 0.261. The number of hydrogen-bond donors (Lipinski definition) is 3. The lowest BCUT2D eigenvalue weighted by atomic mass is 10.0. The molecule has 4 aromatic rings. The third kappa shape index (κ3) is 5.08. The van der Waals surface area contributed by atoms with Gasteiger partial charge in [0.2, 0.25) is 11.8 Å². The number of benzene rings is 2. The normalized spacial score (nSPS) is 10.9. The van der Waals surface area contributed by atoms with Crippen molar-refractivity contribution >= 4 is 46.1 Å². The molecule has 2 aromatic heterocycles. The molecule has 0 fully saturated rings. The Bertz CT molecular complexity index is 1310. The van der Waals surface area contributed by atoms with E-state index in [4.69, 9.17) is 21.4 Å². The number of ether oxygens (including phenoxy) is 1. The van der Waals surface area contributed by atoms with Crippen LogP contribution in [0, 0.1) is 11.6 Å². The summed E-state index contributed by atoms with van der Waals surface area (Å²) in [6, 6.07) is 9.00. The average molecular weight is 490 g/mol. The maximum Gasteiger partial charge on any atom is 0.228 e. The second kappa shape index (κ2) is 10.2. The van der Waals surface area contributed by atoms with Crippen LogP contribution in [0.25, 0.3) is 22.0 Å². The van der Waals surface area contributed by atoms with Crippen LogP contribution in [-0.2, 0) is 0 Å². The Morgan fingerprint density at radius 3 is 2.76 bits per heavy atom. The molecule has 2 aromatic carbocycles. The Morgan fingerprint density at radius 2 is 1.97 bits per heavy atom. The molecular weight excluding hydrogens is 472 g/mol. The van der Waals surface area contributed by atoms with E-state index >= 15 is 4.39 Å². The minimum Gasteiger partial charge on any atom is -0.480 e. The van der Waals surface area contributed by atoms with Gasteiger partial charge in [-0.2, -0.15) is 0 Å². The molecule has 33 heavy (non-hydrogen) atoms. The predicted molar refractivity (Wildman–Crippen MR) is 126 cm³/mol. The number of aromatic nitrogens is 3. The van der Waals surface area contributed by atoms with E-state index in [9.17, 15) is 4.39 Å². The molecule has 0 atom stereocenters. The van der Waals surface area contributed by atoms with Gasteiger partial charge in [-0.25, -0.2) is 23.7 Å². The summed E-state index contributed by atoms with van der Waals surface area (Å²) in [5, 5.41) is 12.8. The molecule has 0 aliphatic carbocycles. The van der Waals surface area contributed by atoms with Crippen LogP contribution in [0.4, 0.5) is 20.4 Å². The van der Waals surface area contributed by atoms with E-state index in [2.05, 4.69) is 25.0 Å². The zero-order valence-electron chi connectivity index (χ0n) is 17.3. The van der Waals surface area contributed by atoms with E-state index in [1.165, 1.54) is 25.4 Å². The Labute approximate surface area is 197 Å². The number of fused-ring (bicyclic) bond motifs is 1. The fourth-order valence-electron chi connectivity index (χ4n) is 3.08. The first-order valence-corrected chi connectivity index (χ1v) is 10.9. The number of anilines is 2. The molecular formula is C22H18ClF2N5O2S. The zero-order chi connectivity index (χ0) is 23.4. The summed E-state index contributed by atoms with van der Waals surface area (Å²) >= 11 is 7.03. The molecule has 0 aliphatic rings. The highest BCUT2D eigenvalue weighted by atomic mass is 35.5. The van der Waals surface area contributed by atoms with Crippen LogP contribution in [0.2, 0.25) is 5.02 Å². The quantitative estimate of drug-likeness (QED) is 0.292. The van der Waals surface area contributed by atoms with E-state index < -0.39 is 11.6 Å². The molecule has 0 saturated carbocycles. The second-order valence-corrected chi connectivity index (χ2v) is 8.05. The van der Waals surface area contributed by atoms with Crippen molar-refractivity contribution in [1.82, 2.24) is 15.0 Å². The van der Waals surface area contributed by atoms with Crippen LogP contribution in [0.5, 0.6) is 5.88 Å². The Morgan fingerprint density at radius 1 is 1.12 bits per heavy atom. The van der Waals surface area contributed by atoms with E-state index in [-0.39, 0.29) is 17.9 Å². The predicted octanol–water partition coefficient (Wildman–Crippen LogP) is 5.16. The standard InChI is InChI=1S/C22H18ClF2N5O2S/c1-32-21-18(9-14(23)11-27-21)33-30-17-5-3-15(24)19(20(17)25)12-2-4-16-13(8-12)10-28-22(29-16)26-6-7-31/h2-5,8-11,30-31H,6-7H2,1H3,(H,26,28,29). The molecule has 2 heterocycles. The molecule has 0 unspecified atom stereocenters. The number of aliphatic hydroxyl groups is 1. The summed E-state index contributed by atoms with van der Waals surface area (Å²) in [5.74, 6) is -0.776. The molecule has 0 amide bonds. The fraction of sp³-hybridized carbons (Fsp3) is 0.136. The lowest BCUT2D eigenvalue weighted by Gasteiger charge is -2.13. The topological polar surface area (TPSA) is 92.2 Å². The molecule has 0 saturated heterocycles. The Hall–Kier alpha value is -3.21. The van der Waals surface area contributed by atoms with Crippen LogP contribution < -0.4 is 14.8 Å². The van der Waals surface area contributed by atoms with Crippen LogP contribution >= 0.6 is 23.5 Å². The number of hydrogen-bond acceptors (Lipinski definition) is 8. The Balaban J connectivity index is 1.64. The van der Waals surface area contributed by atoms with Gasteiger partial charge in [0.25, 0.3) is 0 Å². The number of halogens is 3. The molecule has 4 rings (SSSR count). The summed E-state index contributed by atoms with van der Waals surface area (Å²) in [6.07, 6.45) is 2.99. The lowest BCUT2D eigenvalue weighted by molar-refractivity contribution is 0.311. The molecule has 170 valence electrons. The first-order valence-electron chi connectivity index (χ1n) is 9.72. The van der Waals surface area contributed by atoms with Gasteiger partial charge in [-0.3, -0.25) is 0 Å². The number of methoxy groups -OCH3 is 1. The van der Waals surface area contributed by atoms with Crippen molar-refractivity contribution in [3.05, 3.63) is 65.4 Å². The van der Waals surface area contributed by atoms with Gasteiger partial charge in [-0.05, 0) is 47.8 Å². The molecule has 0 aliphatic heterocycles. The minimum atomic E-state index is -0.752. The largest absolute Gasteiger partial charge is 0.480 e. The van der Waals surface area contributed by atoms with Gasteiger partial charge in [0.1, 0.15) is 5.82 Å². The first kappa shape index (κ1) is 23.0. The first-order chi connectivity index (χ1) is 16.0. The number of nitrogens with one attached hydrogen (secondary N) is 2. The van der Waals surface area contributed by atoms with Crippen LogP contribution in [0.15, 0.2) is 53.7 Å². The van der Waals surface area contributed by atoms with Crippen molar-refractivity contribution in [3.8, 4) is 17.0 Å². The van der Waals surface area contributed by atoms with Gasteiger partial charge in [0.15, 0.2) is 5.82 Å². The number of aliphatic hydroxyl groups excluding tert-OH is 1. The second-order valence-electron chi connectivity index (χ2n) is 6.77. The highest BCUT2D eigenvalue weighted by molar-refractivity contribution is 8.00. The monoisotopic (exact) mass is 489 g/mol. The van der Waals surface area contributed by atoms with Crippen molar-refractivity contribution < 1.29 is 18.6 Å². The fourth-order valence-corrected chi connectivity index (χ4v) is 4.09. The van der Waals surface area contributed by atoms with Crippen molar-refractivity contribution in [1.29, 1.82) is 0 Å². The Kier molecular flexibility index (Phi) is 7.07. The smallest absolute Gasteiger partial charge is 0.228 e. The molecule has 11 heteroatoms. The van der Waals surface area contributed by atoms with Crippen molar-refractivity contribution in [2.24, 2.45) is 0 Å². The van der Waals surface area contributed by atoms with Crippen molar-refractivity contribution in [2.75, 3.05) is 30.3 Å². The van der Waals surface area contributed by atoms with Gasteiger partial charge in [0.05, 0.1) is 40.4 Å². The van der Waals surface area contributed by atoms with Gasteiger partial charge in [-0.15, -0.1) is 0 Å². The van der Waals surface area contributed by atoms with E-state index in [0.29, 0.717) is 44.8 Å². The van der Waals surface area contributed by atoms with E-state index in [0.717, 1.165) is 11.9 Å². The van der Waals surface area contributed by atoms with Crippen molar-refractivity contribution in [3.63, 3.8) is 0 Å². The highest BCUT2D eigenvalue weighted by Crippen LogP contribution is 2.36. The minimum absolute atomic E-state index is 0.0534. The van der Waals surface area contributed by atoms with Gasteiger partial charge in [-0.1, -0.05) is 17.7 Å². The summed E-state index contributed by atoms with van der Waals surface area (Å²) in [4.78, 5) is 13.1. The highest BCUT2D eigenvalue weighted by Gasteiger charge is 2.17. The molecule has 0 bridgehead atoms. The third-order valence-electron chi connectivity index (χ3n) is 4.60. The van der Waals surface area contributed by atoms with Gasteiger partial charge in [0, 0.05) is 24.3 Å². The SMILES string of the molecule is COc1ncc(Cl)cc1SNc1ccc(F)c(-c2ccc3nc(NCCO)ncc3c2)c1F.